The van der Waals surface area contributed by atoms with Gasteiger partial charge in [0.05, 0.1) is 6.61 Å². The van der Waals surface area contributed by atoms with E-state index in [4.69, 9.17) is 9.84 Å². The van der Waals surface area contributed by atoms with Crippen LogP contribution in [0.2, 0.25) is 0 Å². The maximum atomic E-state index is 13.5. The monoisotopic (exact) mass is 291 g/mol. The Balaban J connectivity index is 2.71. The summed E-state index contributed by atoms with van der Waals surface area (Å²) in [6.45, 7) is 0.432. The molecule has 0 radical (unpaired) electrons. The highest BCUT2D eigenvalue weighted by Gasteiger charge is 2.18. The van der Waals surface area contributed by atoms with Gasteiger partial charge in [0.25, 0.3) is 0 Å². The van der Waals surface area contributed by atoms with Crippen LogP contribution in [0.25, 0.3) is 0 Å². The van der Waals surface area contributed by atoms with Crippen molar-refractivity contribution in [3.05, 3.63) is 29.6 Å². The van der Waals surface area contributed by atoms with E-state index in [1.165, 1.54) is 6.07 Å². The van der Waals surface area contributed by atoms with Gasteiger partial charge in [-0.25, -0.2) is 17.5 Å². The Kier molecular flexibility index (Phi) is 6.36. The van der Waals surface area contributed by atoms with Gasteiger partial charge in [-0.2, -0.15) is 0 Å². The molecule has 0 fully saturated rings. The summed E-state index contributed by atoms with van der Waals surface area (Å²) in [5.74, 6) is -0.832. The zero-order chi connectivity index (χ0) is 14.3. The molecule has 0 aliphatic carbocycles. The molecule has 1 aromatic rings. The van der Waals surface area contributed by atoms with Gasteiger partial charge in [0, 0.05) is 20.3 Å². The van der Waals surface area contributed by atoms with Gasteiger partial charge in [-0.1, -0.05) is 6.07 Å². The molecule has 0 aromatic heterocycles. The number of aliphatic hydroxyl groups excluding tert-OH is 1. The fourth-order valence-corrected chi connectivity index (χ4v) is 2.71. The van der Waals surface area contributed by atoms with Gasteiger partial charge in [-0.05, 0) is 30.5 Å². The lowest BCUT2D eigenvalue weighted by atomic mass is 10.2. The first-order valence-electron chi connectivity index (χ1n) is 5.89. The Morgan fingerprint density at radius 2 is 2.11 bits per heavy atom. The van der Waals surface area contributed by atoms with Crippen LogP contribution in [-0.4, -0.2) is 33.8 Å². The number of sulfonamides is 1. The first-order valence-corrected chi connectivity index (χ1v) is 7.37. The fraction of sp³-hybridized carbons (Fsp3) is 0.500. The lowest BCUT2D eigenvalue weighted by Gasteiger charge is -2.08. The Morgan fingerprint density at radius 3 is 2.74 bits per heavy atom. The molecule has 7 heteroatoms. The molecule has 0 aliphatic heterocycles. The molecule has 0 aliphatic rings. The third kappa shape index (κ3) is 4.87. The van der Waals surface area contributed by atoms with Crippen LogP contribution in [0.5, 0.6) is 0 Å². The molecule has 108 valence electrons. The second-order valence-electron chi connectivity index (χ2n) is 4.02. The van der Waals surface area contributed by atoms with Crippen LogP contribution in [0, 0.1) is 5.82 Å². The van der Waals surface area contributed by atoms with Crippen LogP contribution in [0.3, 0.4) is 0 Å². The predicted molar refractivity (Wildman–Crippen MR) is 68.6 cm³/mol. The van der Waals surface area contributed by atoms with Crippen molar-refractivity contribution >= 4 is 10.0 Å². The molecular weight excluding hydrogens is 273 g/mol. The molecule has 0 unspecified atom stereocenters. The number of halogens is 1. The zero-order valence-corrected chi connectivity index (χ0v) is 11.5. The van der Waals surface area contributed by atoms with E-state index < -0.39 is 20.7 Å². The van der Waals surface area contributed by atoms with E-state index in [2.05, 4.69) is 4.72 Å². The van der Waals surface area contributed by atoms with Crippen LogP contribution in [-0.2, 0) is 21.4 Å². The van der Waals surface area contributed by atoms with Crippen molar-refractivity contribution in [1.29, 1.82) is 0 Å². The van der Waals surface area contributed by atoms with Crippen molar-refractivity contribution < 1.29 is 22.7 Å². The minimum absolute atomic E-state index is 0.217. The molecular formula is C12H18FNO4S. The SMILES string of the molecule is COCCCCNS(=O)(=O)c1cc(CO)ccc1F. The summed E-state index contributed by atoms with van der Waals surface area (Å²) in [6.07, 6.45) is 1.33. The van der Waals surface area contributed by atoms with E-state index in [-0.39, 0.29) is 13.2 Å². The molecule has 0 atom stereocenters. The number of nitrogens with one attached hydrogen (secondary N) is 1. The van der Waals surface area contributed by atoms with Crippen LogP contribution < -0.4 is 4.72 Å². The molecule has 0 amide bonds. The molecule has 0 saturated heterocycles. The largest absolute Gasteiger partial charge is 0.392 e. The van der Waals surface area contributed by atoms with E-state index in [0.717, 1.165) is 18.6 Å². The van der Waals surface area contributed by atoms with Crippen molar-refractivity contribution in [2.45, 2.75) is 24.3 Å². The number of methoxy groups -OCH3 is 1. The van der Waals surface area contributed by atoms with E-state index in [9.17, 15) is 12.8 Å². The summed E-state index contributed by atoms with van der Waals surface area (Å²) in [5.41, 5.74) is 0.348. The van der Waals surface area contributed by atoms with Gasteiger partial charge in [0.2, 0.25) is 10.0 Å². The average molecular weight is 291 g/mol. The number of aliphatic hydroxyl groups is 1. The van der Waals surface area contributed by atoms with Crippen LogP contribution in [0.1, 0.15) is 18.4 Å². The molecule has 0 saturated carbocycles. The maximum Gasteiger partial charge on any atom is 0.243 e. The molecule has 19 heavy (non-hydrogen) atoms. The summed E-state index contributed by atoms with van der Waals surface area (Å²) in [7, 11) is -2.32. The van der Waals surface area contributed by atoms with Crippen molar-refractivity contribution in [2.75, 3.05) is 20.3 Å². The highest BCUT2D eigenvalue weighted by Crippen LogP contribution is 2.16. The van der Waals surface area contributed by atoms with E-state index in [1.807, 2.05) is 0 Å². The van der Waals surface area contributed by atoms with Crippen LogP contribution in [0.15, 0.2) is 23.1 Å². The number of ether oxygens (including phenoxy) is 1. The lowest BCUT2D eigenvalue weighted by Crippen LogP contribution is -2.26. The quantitative estimate of drug-likeness (QED) is 0.701. The minimum atomic E-state index is -3.89. The zero-order valence-electron chi connectivity index (χ0n) is 10.7. The third-order valence-corrected chi connectivity index (χ3v) is 4.01. The van der Waals surface area contributed by atoms with E-state index in [1.54, 1.807) is 7.11 Å². The molecule has 0 spiro atoms. The predicted octanol–water partition coefficient (Wildman–Crippen LogP) is 1.02. The molecule has 1 aromatic carbocycles. The van der Waals surface area contributed by atoms with Crippen LogP contribution in [0.4, 0.5) is 4.39 Å². The summed E-state index contributed by atoms with van der Waals surface area (Å²) in [4.78, 5) is -0.439. The topological polar surface area (TPSA) is 75.6 Å². The molecule has 0 heterocycles. The summed E-state index contributed by atoms with van der Waals surface area (Å²) < 4.78 is 44.5. The molecule has 5 nitrogen and oxygen atoms in total. The number of unbranched alkanes of at least 4 members (excludes halogenated alkanes) is 1. The van der Waals surface area contributed by atoms with Crippen LogP contribution >= 0.6 is 0 Å². The summed E-state index contributed by atoms with van der Waals surface area (Å²) in [5, 5.41) is 8.94. The highest BCUT2D eigenvalue weighted by atomic mass is 32.2. The van der Waals surface area contributed by atoms with E-state index >= 15 is 0 Å². The van der Waals surface area contributed by atoms with Crippen molar-refractivity contribution in [1.82, 2.24) is 4.72 Å². The van der Waals surface area contributed by atoms with Gasteiger partial charge in [0.1, 0.15) is 10.7 Å². The Bertz CT molecular complexity index is 504. The molecule has 1 rings (SSSR count). The first kappa shape index (κ1) is 16.0. The van der Waals surface area contributed by atoms with Gasteiger partial charge >= 0.3 is 0 Å². The number of rotatable bonds is 8. The summed E-state index contributed by atoms with van der Waals surface area (Å²) >= 11 is 0. The second kappa shape index (κ2) is 7.54. The van der Waals surface area contributed by atoms with Gasteiger partial charge < -0.3 is 9.84 Å². The maximum absolute atomic E-state index is 13.5. The molecule has 2 N–H and O–H groups in total. The van der Waals surface area contributed by atoms with Gasteiger partial charge in [0.15, 0.2) is 0 Å². The number of benzene rings is 1. The Labute approximate surface area is 112 Å². The number of hydrogen-bond donors (Lipinski definition) is 2. The second-order valence-corrected chi connectivity index (χ2v) is 5.76. The fourth-order valence-electron chi connectivity index (χ4n) is 1.51. The van der Waals surface area contributed by atoms with Crippen molar-refractivity contribution in [3.63, 3.8) is 0 Å². The van der Waals surface area contributed by atoms with Gasteiger partial charge in [-0.15, -0.1) is 0 Å². The van der Waals surface area contributed by atoms with Crippen molar-refractivity contribution in [3.8, 4) is 0 Å². The Hall–Kier alpha value is -1.02. The molecule has 0 bridgehead atoms. The number of hydrogen-bond acceptors (Lipinski definition) is 4. The average Bonchev–Trinajstić information content (AvgIpc) is 2.39. The third-order valence-electron chi connectivity index (χ3n) is 2.54. The standard InChI is InChI=1S/C12H18FNO4S/c1-18-7-3-2-6-14-19(16,17)12-8-10(9-15)4-5-11(12)13/h4-5,8,14-15H,2-3,6-7,9H2,1H3. The van der Waals surface area contributed by atoms with E-state index in [0.29, 0.717) is 18.6 Å². The normalized spacial score (nSPS) is 11.7. The first-order chi connectivity index (χ1) is 9.01. The minimum Gasteiger partial charge on any atom is -0.392 e. The Morgan fingerprint density at radius 1 is 1.37 bits per heavy atom. The smallest absolute Gasteiger partial charge is 0.243 e. The van der Waals surface area contributed by atoms with Crippen molar-refractivity contribution in [2.24, 2.45) is 0 Å². The highest BCUT2D eigenvalue weighted by molar-refractivity contribution is 7.89. The van der Waals surface area contributed by atoms with Gasteiger partial charge in [-0.3, -0.25) is 0 Å². The summed E-state index contributed by atoms with van der Waals surface area (Å²) in [6, 6.07) is 3.50. The lowest BCUT2D eigenvalue weighted by molar-refractivity contribution is 0.193.